The first-order valence-corrected chi connectivity index (χ1v) is 5.80. The molecule has 0 saturated heterocycles. The van der Waals surface area contributed by atoms with Gasteiger partial charge >= 0.3 is 0 Å². The van der Waals surface area contributed by atoms with Crippen LogP contribution >= 0.6 is 0 Å². The number of aryl methyl sites for hydroxylation is 1. The Bertz CT molecular complexity index is 676. The van der Waals surface area contributed by atoms with E-state index in [9.17, 15) is 10.1 Å². The van der Waals surface area contributed by atoms with E-state index in [0.717, 1.165) is 11.4 Å². The lowest BCUT2D eigenvalue weighted by Crippen LogP contribution is -2.03. The molecule has 0 radical (unpaired) electrons. The minimum Gasteiger partial charge on any atom is -0.379 e. The molecule has 1 N–H and O–H groups in total. The van der Waals surface area contributed by atoms with Crippen molar-refractivity contribution in [3.63, 3.8) is 0 Å². The van der Waals surface area contributed by atoms with E-state index in [1.54, 1.807) is 24.5 Å². The van der Waals surface area contributed by atoms with Crippen molar-refractivity contribution < 1.29 is 4.92 Å². The minimum atomic E-state index is -0.574. The van der Waals surface area contributed by atoms with Crippen molar-refractivity contribution in [3.05, 3.63) is 57.7 Å². The third kappa shape index (κ3) is 3.05. The molecule has 2 aromatic rings. The molecule has 0 aliphatic heterocycles. The lowest BCUT2D eigenvalue weighted by atomic mass is 10.2. The van der Waals surface area contributed by atoms with Gasteiger partial charge in [0.2, 0.25) is 0 Å². The number of hydrogen-bond donors (Lipinski definition) is 1. The van der Waals surface area contributed by atoms with Gasteiger partial charge in [-0.25, -0.2) is 0 Å². The molecule has 0 saturated carbocycles. The fourth-order valence-electron chi connectivity index (χ4n) is 1.59. The van der Waals surface area contributed by atoms with Crippen molar-refractivity contribution in [2.24, 2.45) is 0 Å². The number of aromatic nitrogens is 2. The molecule has 0 amide bonds. The second-order valence-electron chi connectivity index (χ2n) is 4.10. The number of nitrogens with one attached hydrogen (secondary N) is 1. The first-order chi connectivity index (χ1) is 9.60. The van der Waals surface area contributed by atoms with Crippen LogP contribution in [0.5, 0.6) is 0 Å². The van der Waals surface area contributed by atoms with Gasteiger partial charge in [0.05, 0.1) is 29.1 Å². The van der Waals surface area contributed by atoms with Gasteiger partial charge in [-0.3, -0.25) is 20.1 Å². The van der Waals surface area contributed by atoms with Crippen LogP contribution in [0.25, 0.3) is 0 Å². The predicted octanol–water partition coefficient (Wildman–Crippen LogP) is 2.18. The van der Waals surface area contributed by atoms with Gasteiger partial charge < -0.3 is 5.32 Å². The summed E-state index contributed by atoms with van der Waals surface area (Å²) in [6, 6.07) is 6.16. The van der Waals surface area contributed by atoms with Gasteiger partial charge in [0.15, 0.2) is 0 Å². The summed E-state index contributed by atoms with van der Waals surface area (Å²) in [5.74, 6) is 0. The van der Waals surface area contributed by atoms with Crippen LogP contribution in [0.1, 0.15) is 17.0 Å². The first kappa shape index (κ1) is 13.4. The number of hydrogen-bond acceptors (Lipinski definition) is 6. The molecule has 1 aromatic heterocycles. The molecule has 0 atom stereocenters. The van der Waals surface area contributed by atoms with Crippen molar-refractivity contribution in [2.75, 3.05) is 5.32 Å². The summed E-state index contributed by atoms with van der Waals surface area (Å²) in [5, 5.41) is 22.7. The molecule has 7 heteroatoms. The van der Waals surface area contributed by atoms with E-state index in [-0.39, 0.29) is 11.3 Å². The second kappa shape index (κ2) is 5.75. The highest BCUT2D eigenvalue weighted by atomic mass is 16.6. The van der Waals surface area contributed by atoms with Crippen LogP contribution < -0.4 is 5.32 Å². The lowest BCUT2D eigenvalue weighted by molar-refractivity contribution is -0.385. The number of anilines is 1. The topological polar surface area (TPSA) is 105 Å². The van der Waals surface area contributed by atoms with Gasteiger partial charge in [0.1, 0.15) is 11.6 Å². The van der Waals surface area contributed by atoms with Gasteiger partial charge in [-0.1, -0.05) is 0 Å². The Labute approximate surface area is 115 Å². The summed E-state index contributed by atoms with van der Waals surface area (Å²) in [4.78, 5) is 18.6. The van der Waals surface area contributed by atoms with Crippen molar-refractivity contribution in [1.82, 2.24) is 9.97 Å². The van der Waals surface area contributed by atoms with Crippen LogP contribution in [0.15, 0.2) is 30.6 Å². The maximum Gasteiger partial charge on any atom is 0.289 e. The highest BCUT2D eigenvalue weighted by Crippen LogP contribution is 2.22. The molecule has 0 bridgehead atoms. The Hall–Kier alpha value is -3.01. The third-order valence-corrected chi connectivity index (χ3v) is 2.62. The molecule has 0 unspecified atom stereocenters. The quantitative estimate of drug-likeness (QED) is 0.673. The van der Waals surface area contributed by atoms with E-state index >= 15 is 0 Å². The molecule has 1 heterocycles. The Morgan fingerprint density at radius 3 is 2.80 bits per heavy atom. The Morgan fingerprint density at radius 1 is 1.40 bits per heavy atom. The summed E-state index contributed by atoms with van der Waals surface area (Å²) in [7, 11) is 0. The summed E-state index contributed by atoms with van der Waals surface area (Å²) >= 11 is 0. The molecule has 0 spiro atoms. The zero-order valence-electron chi connectivity index (χ0n) is 10.7. The first-order valence-electron chi connectivity index (χ1n) is 5.80. The number of nitro groups is 1. The van der Waals surface area contributed by atoms with Gasteiger partial charge in [-0.05, 0) is 19.1 Å². The average molecular weight is 269 g/mol. The number of rotatable bonds is 4. The van der Waals surface area contributed by atoms with E-state index in [1.165, 1.54) is 12.1 Å². The summed E-state index contributed by atoms with van der Waals surface area (Å²) < 4.78 is 0. The normalized spacial score (nSPS) is 9.80. The van der Waals surface area contributed by atoms with E-state index < -0.39 is 4.92 Å². The largest absolute Gasteiger partial charge is 0.379 e. The Kier molecular flexibility index (Phi) is 3.86. The van der Waals surface area contributed by atoms with E-state index in [1.807, 2.05) is 6.92 Å². The smallest absolute Gasteiger partial charge is 0.289 e. The van der Waals surface area contributed by atoms with Crippen LogP contribution in [0.2, 0.25) is 0 Å². The lowest BCUT2D eigenvalue weighted by Gasteiger charge is -2.06. The highest BCUT2D eigenvalue weighted by Gasteiger charge is 2.14. The summed E-state index contributed by atoms with van der Waals surface area (Å²) in [6.45, 7) is 2.24. The summed E-state index contributed by atoms with van der Waals surface area (Å²) in [6.07, 6.45) is 3.29. The molecular weight excluding hydrogens is 258 g/mol. The molecule has 0 aliphatic rings. The van der Waals surface area contributed by atoms with Gasteiger partial charge in [-0.15, -0.1) is 0 Å². The minimum absolute atomic E-state index is 0.0377. The van der Waals surface area contributed by atoms with Gasteiger partial charge in [0, 0.05) is 18.0 Å². The maximum atomic E-state index is 10.8. The number of nitrogens with zero attached hydrogens (tertiary/aromatic N) is 4. The zero-order valence-corrected chi connectivity index (χ0v) is 10.7. The fourth-order valence-corrected chi connectivity index (χ4v) is 1.59. The predicted molar refractivity (Wildman–Crippen MR) is 71.9 cm³/mol. The molecule has 0 aliphatic carbocycles. The van der Waals surface area contributed by atoms with Gasteiger partial charge in [0.25, 0.3) is 5.69 Å². The van der Waals surface area contributed by atoms with Crippen LogP contribution in [0.3, 0.4) is 0 Å². The maximum absolute atomic E-state index is 10.8. The average Bonchev–Trinajstić information content (AvgIpc) is 2.46. The standard InChI is InChI=1S/C13H11N5O2/c1-9-6-16-12(7-15-9)8-17-11-3-2-10(5-14)13(4-11)18(19)20/h2-4,6-7,17H,8H2,1H3. The molecule has 1 aromatic carbocycles. The Morgan fingerprint density at radius 2 is 2.20 bits per heavy atom. The van der Waals surface area contributed by atoms with Crippen molar-refractivity contribution in [3.8, 4) is 6.07 Å². The highest BCUT2D eigenvalue weighted by molar-refractivity contribution is 5.59. The molecule has 20 heavy (non-hydrogen) atoms. The monoisotopic (exact) mass is 269 g/mol. The SMILES string of the molecule is Cc1cnc(CNc2ccc(C#N)c([N+](=O)[O-])c2)cn1. The third-order valence-electron chi connectivity index (χ3n) is 2.62. The van der Waals surface area contributed by atoms with E-state index in [2.05, 4.69) is 15.3 Å². The van der Waals surface area contributed by atoms with E-state index in [4.69, 9.17) is 5.26 Å². The van der Waals surface area contributed by atoms with Gasteiger partial charge in [-0.2, -0.15) is 5.26 Å². The number of nitriles is 1. The molecular formula is C13H11N5O2. The number of benzene rings is 1. The van der Waals surface area contributed by atoms with Crippen LogP contribution in [-0.2, 0) is 6.54 Å². The van der Waals surface area contributed by atoms with Crippen molar-refractivity contribution >= 4 is 11.4 Å². The van der Waals surface area contributed by atoms with Crippen molar-refractivity contribution in [1.29, 1.82) is 5.26 Å². The number of nitro benzene ring substituents is 1. The zero-order chi connectivity index (χ0) is 14.5. The van der Waals surface area contributed by atoms with E-state index in [0.29, 0.717) is 12.2 Å². The summed E-state index contributed by atoms with van der Waals surface area (Å²) in [5.41, 5.74) is 1.92. The molecule has 2 rings (SSSR count). The van der Waals surface area contributed by atoms with Crippen molar-refractivity contribution in [2.45, 2.75) is 13.5 Å². The fraction of sp³-hybridized carbons (Fsp3) is 0.154. The Balaban J connectivity index is 2.14. The van der Waals surface area contributed by atoms with Crippen LogP contribution in [-0.4, -0.2) is 14.9 Å². The molecule has 100 valence electrons. The van der Waals surface area contributed by atoms with Crippen LogP contribution in [0.4, 0.5) is 11.4 Å². The molecule has 7 nitrogen and oxygen atoms in total. The molecule has 0 fully saturated rings. The van der Waals surface area contributed by atoms with Crippen LogP contribution in [0, 0.1) is 28.4 Å². The second-order valence-corrected chi connectivity index (χ2v) is 4.10.